The fourth-order valence-electron chi connectivity index (χ4n) is 3.03. The van der Waals surface area contributed by atoms with E-state index in [4.69, 9.17) is 0 Å². The van der Waals surface area contributed by atoms with E-state index < -0.39 is 10.0 Å². The summed E-state index contributed by atoms with van der Waals surface area (Å²) in [7, 11) is -3.54. The Balaban J connectivity index is 2.07. The monoisotopic (exact) mass is 341 g/mol. The van der Waals surface area contributed by atoms with Crippen LogP contribution in [0.5, 0.6) is 0 Å². The summed E-state index contributed by atoms with van der Waals surface area (Å²) >= 11 is 0. The lowest BCUT2D eigenvalue weighted by Crippen LogP contribution is -2.40. The summed E-state index contributed by atoms with van der Waals surface area (Å²) in [5.74, 6) is 0.213. The number of sulfonamides is 1. The smallest absolute Gasteiger partial charge is 0.207 e. The predicted molar refractivity (Wildman–Crippen MR) is 97.2 cm³/mol. The molecule has 24 heavy (non-hydrogen) atoms. The van der Waals surface area contributed by atoms with Crippen LogP contribution in [0, 0.1) is 12.8 Å². The van der Waals surface area contributed by atoms with Crippen LogP contribution < -0.4 is 0 Å². The summed E-state index contributed by atoms with van der Waals surface area (Å²) in [6, 6.07) is 16.7. The Hall–Kier alpha value is -1.91. The Bertz CT molecular complexity index is 839. The Morgan fingerprint density at radius 3 is 2.21 bits per heavy atom. The predicted octanol–water partition coefficient (Wildman–Crippen LogP) is 4.32. The summed E-state index contributed by atoms with van der Waals surface area (Å²) < 4.78 is 28.1. The van der Waals surface area contributed by atoms with E-state index in [1.54, 1.807) is 16.4 Å². The number of rotatable bonds is 3. The van der Waals surface area contributed by atoms with Crippen LogP contribution in [0.4, 0.5) is 0 Å². The van der Waals surface area contributed by atoms with Crippen molar-refractivity contribution in [3.05, 3.63) is 77.4 Å². The van der Waals surface area contributed by atoms with Gasteiger partial charge in [0.15, 0.2) is 0 Å². The third-order valence-electron chi connectivity index (χ3n) is 4.73. The lowest BCUT2D eigenvalue weighted by molar-refractivity contribution is 0.314. The van der Waals surface area contributed by atoms with Gasteiger partial charge in [-0.25, -0.2) is 8.42 Å². The van der Waals surface area contributed by atoms with E-state index in [2.05, 4.69) is 19.9 Å². The van der Waals surface area contributed by atoms with Gasteiger partial charge in [-0.15, -0.1) is 0 Å². The van der Waals surface area contributed by atoms with E-state index in [0.717, 1.165) is 11.1 Å². The average molecular weight is 341 g/mol. The van der Waals surface area contributed by atoms with Gasteiger partial charge in [0.2, 0.25) is 10.0 Å². The molecule has 0 aromatic heterocycles. The summed E-state index contributed by atoms with van der Waals surface area (Å²) in [6.45, 7) is 6.61. The van der Waals surface area contributed by atoms with Crippen molar-refractivity contribution in [3.63, 3.8) is 0 Å². The zero-order valence-electron chi connectivity index (χ0n) is 14.3. The van der Waals surface area contributed by atoms with Crippen LogP contribution >= 0.6 is 0 Å². The number of benzene rings is 2. The highest BCUT2D eigenvalue weighted by atomic mass is 32.2. The van der Waals surface area contributed by atoms with Crippen LogP contribution in [0.2, 0.25) is 0 Å². The summed E-state index contributed by atoms with van der Waals surface area (Å²) in [6.07, 6.45) is 2.08. The quantitative estimate of drug-likeness (QED) is 0.780. The minimum absolute atomic E-state index is 0.213. The zero-order valence-corrected chi connectivity index (χ0v) is 15.1. The average Bonchev–Trinajstić information content (AvgIpc) is 2.58. The van der Waals surface area contributed by atoms with Crippen LogP contribution in [0.1, 0.15) is 31.0 Å². The third-order valence-corrected chi connectivity index (χ3v) is 6.59. The molecule has 0 aliphatic carbocycles. The molecule has 3 rings (SSSR count). The number of aryl methyl sites for hydroxylation is 1. The first-order chi connectivity index (χ1) is 11.4. The van der Waals surface area contributed by atoms with E-state index in [9.17, 15) is 8.42 Å². The molecular weight excluding hydrogens is 318 g/mol. The van der Waals surface area contributed by atoms with Crippen molar-refractivity contribution in [1.29, 1.82) is 0 Å². The molecule has 4 heteroatoms. The molecule has 1 unspecified atom stereocenters. The van der Waals surface area contributed by atoms with Crippen LogP contribution in [0.15, 0.2) is 71.1 Å². The Morgan fingerprint density at radius 1 is 0.958 bits per heavy atom. The Morgan fingerprint density at radius 2 is 1.58 bits per heavy atom. The molecule has 0 N–H and O–H groups in total. The van der Waals surface area contributed by atoms with Crippen molar-refractivity contribution in [1.82, 2.24) is 4.31 Å². The second-order valence-electron chi connectivity index (χ2n) is 6.56. The van der Waals surface area contributed by atoms with E-state index >= 15 is 0 Å². The van der Waals surface area contributed by atoms with Gasteiger partial charge in [-0.1, -0.05) is 66.6 Å². The zero-order chi connectivity index (χ0) is 17.3. The van der Waals surface area contributed by atoms with Gasteiger partial charge in [0.1, 0.15) is 0 Å². The maximum absolute atomic E-state index is 13.2. The van der Waals surface area contributed by atoms with Crippen molar-refractivity contribution in [2.75, 3.05) is 6.54 Å². The fraction of sp³-hybridized carbons (Fsp3) is 0.300. The molecule has 0 amide bonds. The number of nitrogens with zero attached hydrogens (tertiary/aromatic N) is 1. The summed E-state index contributed by atoms with van der Waals surface area (Å²) in [5.41, 5.74) is 3.29. The summed E-state index contributed by atoms with van der Waals surface area (Å²) in [4.78, 5) is 0.356. The molecule has 2 aromatic carbocycles. The molecule has 0 saturated carbocycles. The van der Waals surface area contributed by atoms with E-state index in [0.29, 0.717) is 11.4 Å². The van der Waals surface area contributed by atoms with Gasteiger partial charge in [0, 0.05) is 6.54 Å². The highest BCUT2D eigenvalue weighted by Crippen LogP contribution is 2.36. The topological polar surface area (TPSA) is 37.4 Å². The third kappa shape index (κ3) is 3.17. The Kier molecular flexibility index (Phi) is 4.61. The van der Waals surface area contributed by atoms with Gasteiger partial charge in [0.05, 0.1) is 10.9 Å². The Labute approximate surface area is 144 Å². The molecule has 1 aliphatic rings. The first-order valence-electron chi connectivity index (χ1n) is 8.21. The van der Waals surface area contributed by atoms with Gasteiger partial charge in [-0.3, -0.25) is 0 Å². The molecule has 0 saturated heterocycles. The second-order valence-corrected chi connectivity index (χ2v) is 8.45. The molecule has 0 spiro atoms. The molecule has 126 valence electrons. The lowest BCUT2D eigenvalue weighted by atomic mass is 9.93. The normalized spacial score (nSPS) is 22.2. The van der Waals surface area contributed by atoms with Crippen LogP contribution in [0.3, 0.4) is 0 Å². The molecule has 3 nitrogen and oxygen atoms in total. The van der Waals surface area contributed by atoms with Crippen LogP contribution in [-0.4, -0.2) is 19.3 Å². The van der Waals surface area contributed by atoms with Gasteiger partial charge in [0.25, 0.3) is 0 Å². The van der Waals surface area contributed by atoms with Gasteiger partial charge in [-0.05, 0) is 37.5 Å². The minimum atomic E-state index is -3.54. The van der Waals surface area contributed by atoms with Crippen molar-refractivity contribution in [2.24, 2.45) is 5.92 Å². The van der Waals surface area contributed by atoms with Crippen LogP contribution in [0.25, 0.3) is 0 Å². The van der Waals surface area contributed by atoms with Crippen molar-refractivity contribution >= 4 is 10.0 Å². The van der Waals surface area contributed by atoms with E-state index in [1.807, 2.05) is 49.4 Å². The molecule has 1 heterocycles. The number of hydrogen-bond acceptors (Lipinski definition) is 2. The SMILES string of the molecule is CC1=CC(c2ccccc2)N(S(=O)(=O)c2ccc(C)cc2)C[C@@H]1C. The molecule has 0 radical (unpaired) electrons. The summed E-state index contributed by atoms with van der Waals surface area (Å²) in [5, 5.41) is 0. The van der Waals surface area contributed by atoms with Crippen molar-refractivity contribution in [3.8, 4) is 0 Å². The van der Waals surface area contributed by atoms with Gasteiger partial charge < -0.3 is 0 Å². The molecule has 0 fully saturated rings. The number of hydrogen-bond donors (Lipinski definition) is 0. The van der Waals surface area contributed by atoms with E-state index in [1.165, 1.54) is 5.57 Å². The maximum Gasteiger partial charge on any atom is 0.243 e. The standard InChI is InChI=1S/C20H23NO2S/c1-15-9-11-19(12-10-15)24(22,23)21-14-17(3)16(2)13-20(21)18-7-5-4-6-8-18/h4-13,17,20H,14H2,1-3H3/t17-,20?/m0/s1. The first-order valence-corrected chi connectivity index (χ1v) is 9.65. The van der Waals surface area contributed by atoms with Gasteiger partial charge in [-0.2, -0.15) is 4.31 Å². The second kappa shape index (κ2) is 6.54. The highest BCUT2D eigenvalue weighted by molar-refractivity contribution is 7.89. The molecular formula is C20H23NO2S. The molecule has 0 bridgehead atoms. The van der Waals surface area contributed by atoms with Gasteiger partial charge >= 0.3 is 0 Å². The van der Waals surface area contributed by atoms with E-state index in [-0.39, 0.29) is 12.0 Å². The first kappa shape index (κ1) is 16.9. The fourth-order valence-corrected chi connectivity index (χ4v) is 4.68. The van der Waals surface area contributed by atoms with Crippen molar-refractivity contribution < 1.29 is 8.42 Å². The highest BCUT2D eigenvalue weighted by Gasteiger charge is 2.35. The molecule has 2 aromatic rings. The molecule has 1 aliphatic heterocycles. The van der Waals surface area contributed by atoms with Crippen molar-refractivity contribution in [2.45, 2.75) is 31.7 Å². The largest absolute Gasteiger partial charge is 0.243 e. The van der Waals surface area contributed by atoms with Crippen LogP contribution in [-0.2, 0) is 10.0 Å². The molecule has 2 atom stereocenters. The lowest BCUT2D eigenvalue weighted by Gasteiger charge is -2.36. The maximum atomic E-state index is 13.2. The minimum Gasteiger partial charge on any atom is -0.207 e.